The van der Waals surface area contributed by atoms with Gasteiger partial charge in [-0.1, -0.05) is 0 Å². The quantitative estimate of drug-likeness (QED) is 0.887. The minimum atomic E-state index is -4.65. The Kier molecular flexibility index (Phi) is 4.79. The highest BCUT2D eigenvalue weighted by Gasteiger charge is 2.36. The molecule has 0 saturated carbocycles. The number of aliphatic hydroxyl groups is 1. The van der Waals surface area contributed by atoms with Crippen LogP contribution in [0.5, 0.6) is 5.75 Å². The first-order valence-corrected chi connectivity index (χ1v) is 6.75. The van der Waals surface area contributed by atoms with Crippen LogP contribution < -0.4 is 10.2 Å². The van der Waals surface area contributed by atoms with E-state index in [-0.39, 0.29) is 17.9 Å². The van der Waals surface area contributed by atoms with Crippen LogP contribution in [0.1, 0.15) is 25.0 Å². The van der Waals surface area contributed by atoms with Gasteiger partial charge in [-0.3, -0.25) is 0 Å². The molecule has 23 heavy (non-hydrogen) atoms. The van der Waals surface area contributed by atoms with E-state index in [0.29, 0.717) is 0 Å². The minimum absolute atomic E-state index is 0.147. The van der Waals surface area contributed by atoms with Gasteiger partial charge in [0.05, 0.1) is 11.7 Å². The lowest BCUT2D eigenvalue weighted by atomic mass is 10.0. The average Bonchev–Trinajstić information content (AvgIpc) is 2.44. The first kappa shape index (κ1) is 17.1. The predicted octanol–water partition coefficient (Wildman–Crippen LogP) is 2.30. The lowest BCUT2D eigenvalue weighted by Gasteiger charge is -2.22. The Bertz CT molecular complexity index is 629. The van der Waals surface area contributed by atoms with Crippen molar-refractivity contribution in [2.75, 3.05) is 6.61 Å². The molecule has 6 nitrogen and oxygen atoms in total. The van der Waals surface area contributed by atoms with E-state index in [4.69, 9.17) is 14.6 Å². The van der Waals surface area contributed by atoms with Gasteiger partial charge in [-0.05, 0) is 32.0 Å². The standard InChI is InChI=1S/C14H15F3N2O4/c1-7(20)6-22-11-4-3-9(5-10(11)14(15,16)17)12-8(2)23-13(21)19-18-12/h3-5,7-8,20H,6H2,1-2H3,(H,19,21)/t7-,8+/m1/s1. The van der Waals surface area contributed by atoms with E-state index in [1.165, 1.54) is 19.9 Å². The van der Waals surface area contributed by atoms with Crippen LogP contribution in [-0.2, 0) is 10.9 Å². The fourth-order valence-corrected chi connectivity index (χ4v) is 1.99. The van der Waals surface area contributed by atoms with Gasteiger partial charge in [-0.2, -0.15) is 18.3 Å². The van der Waals surface area contributed by atoms with Gasteiger partial charge in [-0.15, -0.1) is 0 Å². The summed E-state index contributed by atoms with van der Waals surface area (Å²) in [4.78, 5) is 11.0. The van der Waals surface area contributed by atoms with Crippen molar-refractivity contribution < 1.29 is 32.5 Å². The molecule has 1 aliphatic rings. The summed E-state index contributed by atoms with van der Waals surface area (Å²) in [6.07, 6.45) is -7.10. The number of hydrogen-bond acceptors (Lipinski definition) is 5. The smallest absolute Gasteiger partial charge is 0.428 e. The maximum absolute atomic E-state index is 13.2. The summed E-state index contributed by atoms with van der Waals surface area (Å²) in [5, 5.41) is 12.9. The molecule has 0 saturated heterocycles. The second-order valence-corrected chi connectivity index (χ2v) is 5.03. The third kappa shape index (κ3) is 4.13. The van der Waals surface area contributed by atoms with Gasteiger partial charge in [0.1, 0.15) is 24.2 Å². The van der Waals surface area contributed by atoms with E-state index in [1.807, 2.05) is 0 Å². The summed E-state index contributed by atoms with van der Waals surface area (Å²) in [7, 11) is 0. The van der Waals surface area contributed by atoms with Crippen LogP contribution in [0.2, 0.25) is 0 Å². The number of carbonyl (C=O) groups is 1. The van der Waals surface area contributed by atoms with Crippen molar-refractivity contribution in [1.29, 1.82) is 0 Å². The number of benzene rings is 1. The molecule has 0 unspecified atom stereocenters. The number of nitrogens with zero attached hydrogens (tertiary/aromatic N) is 1. The largest absolute Gasteiger partial charge is 0.490 e. The number of hydrazone groups is 1. The molecular formula is C14H15F3N2O4. The Morgan fingerprint density at radius 2 is 2.17 bits per heavy atom. The van der Waals surface area contributed by atoms with Crippen LogP contribution in [0, 0.1) is 0 Å². The number of nitrogens with one attached hydrogen (secondary N) is 1. The molecule has 2 N–H and O–H groups in total. The van der Waals surface area contributed by atoms with Crippen LogP contribution in [0.4, 0.5) is 18.0 Å². The van der Waals surface area contributed by atoms with E-state index in [1.54, 1.807) is 0 Å². The van der Waals surface area contributed by atoms with Gasteiger partial charge in [0.15, 0.2) is 0 Å². The number of ether oxygens (including phenoxy) is 2. The summed E-state index contributed by atoms with van der Waals surface area (Å²) in [5.41, 5.74) is 1.37. The summed E-state index contributed by atoms with van der Waals surface area (Å²) in [5.74, 6) is -0.392. The second-order valence-electron chi connectivity index (χ2n) is 5.03. The van der Waals surface area contributed by atoms with Crippen LogP contribution >= 0.6 is 0 Å². The van der Waals surface area contributed by atoms with Crippen molar-refractivity contribution in [3.63, 3.8) is 0 Å². The Morgan fingerprint density at radius 3 is 2.74 bits per heavy atom. The summed E-state index contributed by atoms with van der Waals surface area (Å²) in [6.45, 7) is 2.64. The molecule has 0 spiro atoms. The van der Waals surface area contributed by atoms with Gasteiger partial charge < -0.3 is 14.6 Å². The SMILES string of the molecule is C[C@@H]1OC(=O)NN=C1c1ccc(OC[C@@H](C)O)c(C(F)(F)F)c1. The van der Waals surface area contributed by atoms with Crippen LogP contribution in [0.3, 0.4) is 0 Å². The molecule has 0 aliphatic carbocycles. The molecule has 1 amide bonds. The number of carbonyl (C=O) groups excluding carboxylic acids is 1. The molecule has 0 bridgehead atoms. The number of alkyl halides is 3. The van der Waals surface area contributed by atoms with Crippen molar-refractivity contribution in [1.82, 2.24) is 5.43 Å². The lowest BCUT2D eigenvalue weighted by Crippen LogP contribution is -2.37. The third-order valence-electron chi connectivity index (χ3n) is 3.00. The average molecular weight is 332 g/mol. The van der Waals surface area contributed by atoms with Crippen LogP contribution in [0.15, 0.2) is 23.3 Å². The fraction of sp³-hybridized carbons (Fsp3) is 0.429. The number of rotatable bonds is 4. The first-order chi connectivity index (χ1) is 10.7. The molecule has 126 valence electrons. The minimum Gasteiger partial charge on any atom is -0.490 e. The van der Waals surface area contributed by atoms with Gasteiger partial charge in [0, 0.05) is 5.56 Å². The fourth-order valence-electron chi connectivity index (χ4n) is 1.99. The Balaban J connectivity index is 2.38. The van der Waals surface area contributed by atoms with E-state index < -0.39 is 35.8 Å². The molecule has 1 aliphatic heterocycles. The highest BCUT2D eigenvalue weighted by molar-refractivity contribution is 6.06. The normalized spacial score (nSPS) is 19.5. The highest BCUT2D eigenvalue weighted by atomic mass is 19.4. The zero-order chi connectivity index (χ0) is 17.2. The summed E-state index contributed by atoms with van der Waals surface area (Å²) >= 11 is 0. The topological polar surface area (TPSA) is 80.2 Å². The highest BCUT2D eigenvalue weighted by Crippen LogP contribution is 2.37. The Hall–Kier alpha value is -2.29. The van der Waals surface area contributed by atoms with E-state index >= 15 is 0 Å². The van der Waals surface area contributed by atoms with Crippen molar-refractivity contribution >= 4 is 11.8 Å². The molecule has 1 aromatic carbocycles. The first-order valence-electron chi connectivity index (χ1n) is 6.75. The number of amides is 1. The second kappa shape index (κ2) is 6.45. The van der Waals surface area contributed by atoms with E-state index in [0.717, 1.165) is 12.1 Å². The molecule has 2 atom stereocenters. The Labute approximate surface area is 129 Å². The molecule has 0 radical (unpaired) electrons. The molecular weight excluding hydrogens is 317 g/mol. The number of aliphatic hydroxyl groups excluding tert-OH is 1. The molecule has 9 heteroatoms. The maximum atomic E-state index is 13.2. The van der Waals surface area contributed by atoms with Crippen molar-refractivity contribution in [2.45, 2.75) is 32.2 Å². The summed E-state index contributed by atoms with van der Waals surface area (Å²) < 4.78 is 49.4. The molecule has 1 aromatic rings. The molecule has 0 aromatic heterocycles. The Morgan fingerprint density at radius 1 is 1.48 bits per heavy atom. The third-order valence-corrected chi connectivity index (χ3v) is 3.00. The van der Waals surface area contributed by atoms with Crippen LogP contribution in [-0.4, -0.2) is 35.7 Å². The maximum Gasteiger partial charge on any atom is 0.428 e. The number of halogens is 3. The van der Waals surface area contributed by atoms with Crippen LogP contribution in [0.25, 0.3) is 0 Å². The number of hydrogen-bond donors (Lipinski definition) is 2. The monoisotopic (exact) mass is 332 g/mol. The van der Waals surface area contributed by atoms with Crippen molar-refractivity contribution in [2.24, 2.45) is 5.10 Å². The van der Waals surface area contributed by atoms with Gasteiger partial charge in [0.25, 0.3) is 0 Å². The van der Waals surface area contributed by atoms with E-state index in [9.17, 15) is 18.0 Å². The lowest BCUT2D eigenvalue weighted by molar-refractivity contribution is -0.139. The van der Waals surface area contributed by atoms with E-state index in [2.05, 4.69) is 10.5 Å². The van der Waals surface area contributed by atoms with Gasteiger partial charge >= 0.3 is 12.3 Å². The predicted molar refractivity (Wildman–Crippen MR) is 74.2 cm³/mol. The molecule has 2 rings (SSSR count). The molecule has 1 heterocycles. The zero-order valence-electron chi connectivity index (χ0n) is 12.3. The van der Waals surface area contributed by atoms with Gasteiger partial charge in [-0.25, -0.2) is 10.2 Å². The van der Waals surface area contributed by atoms with Gasteiger partial charge in [0.2, 0.25) is 0 Å². The van der Waals surface area contributed by atoms with Crippen molar-refractivity contribution in [3.05, 3.63) is 29.3 Å². The summed E-state index contributed by atoms with van der Waals surface area (Å²) in [6, 6.07) is 3.39. The zero-order valence-corrected chi connectivity index (χ0v) is 12.3. The number of cyclic esters (lactones) is 1. The van der Waals surface area contributed by atoms with Crippen molar-refractivity contribution in [3.8, 4) is 5.75 Å². The molecule has 0 fully saturated rings.